The number of halogens is 1. The van der Waals surface area contributed by atoms with Crippen molar-refractivity contribution in [2.24, 2.45) is 0 Å². The molecule has 0 bridgehead atoms. The van der Waals surface area contributed by atoms with Crippen molar-refractivity contribution in [1.82, 2.24) is 10.2 Å². The van der Waals surface area contributed by atoms with Gasteiger partial charge >= 0.3 is 0 Å². The van der Waals surface area contributed by atoms with Crippen molar-refractivity contribution >= 4 is 5.69 Å². The summed E-state index contributed by atoms with van der Waals surface area (Å²) in [6, 6.07) is 6.62. The summed E-state index contributed by atoms with van der Waals surface area (Å²) >= 11 is 0. The first kappa shape index (κ1) is 14.8. The number of anilines is 1. The van der Waals surface area contributed by atoms with E-state index in [-0.39, 0.29) is 5.82 Å². The third-order valence-electron chi connectivity index (χ3n) is 4.81. The van der Waals surface area contributed by atoms with Gasteiger partial charge in [-0.15, -0.1) is 0 Å². The minimum atomic E-state index is -0.0905. The molecule has 0 amide bonds. The van der Waals surface area contributed by atoms with Crippen molar-refractivity contribution in [2.45, 2.75) is 44.3 Å². The van der Waals surface area contributed by atoms with E-state index in [1.165, 1.54) is 32.2 Å². The lowest BCUT2D eigenvalue weighted by Gasteiger charge is -2.29. The quantitative estimate of drug-likeness (QED) is 0.869. The van der Waals surface area contributed by atoms with Gasteiger partial charge in [-0.05, 0) is 51.4 Å². The molecular weight excluding hydrogens is 265 g/mol. The summed E-state index contributed by atoms with van der Waals surface area (Å²) < 4.78 is 14.2. The maximum Gasteiger partial charge on any atom is 0.129 e. The molecule has 0 spiro atoms. The summed E-state index contributed by atoms with van der Waals surface area (Å²) in [4.78, 5) is 4.64. The minimum absolute atomic E-state index is 0.0905. The van der Waals surface area contributed by atoms with E-state index in [1.54, 1.807) is 6.07 Å². The van der Waals surface area contributed by atoms with Gasteiger partial charge in [0.15, 0.2) is 0 Å². The Morgan fingerprint density at radius 3 is 2.81 bits per heavy atom. The number of rotatable bonds is 6. The summed E-state index contributed by atoms with van der Waals surface area (Å²) in [5, 5.41) is 3.43. The zero-order chi connectivity index (χ0) is 14.8. The zero-order valence-corrected chi connectivity index (χ0v) is 13.1. The van der Waals surface area contributed by atoms with Crippen LogP contribution in [0.4, 0.5) is 10.1 Å². The van der Waals surface area contributed by atoms with Crippen molar-refractivity contribution < 1.29 is 4.39 Å². The number of nitrogens with one attached hydrogen (secondary N) is 1. The van der Waals surface area contributed by atoms with Crippen LogP contribution in [0.15, 0.2) is 18.2 Å². The van der Waals surface area contributed by atoms with Crippen LogP contribution >= 0.6 is 0 Å². The summed E-state index contributed by atoms with van der Waals surface area (Å²) in [6.07, 6.45) is 4.97. The second-order valence-electron chi connectivity index (χ2n) is 6.55. The van der Waals surface area contributed by atoms with E-state index in [1.807, 2.05) is 12.1 Å². The number of likely N-dealkylation sites (tertiary alicyclic amines) is 1. The monoisotopic (exact) mass is 291 g/mol. The van der Waals surface area contributed by atoms with Crippen molar-refractivity contribution in [2.75, 3.05) is 32.1 Å². The number of hydrogen-bond acceptors (Lipinski definition) is 3. The highest BCUT2D eigenvalue weighted by atomic mass is 19.1. The normalized spacial score (nSPS) is 22.7. The van der Waals surface area contributed by atoms with Crippen molar-refractivity contribution in [1.29, 1.82) is 0 Å². The van der Waals surface area contributed by atoms with Gasteiger partial charge in [0.1, 0.15) is 5.82 Å². The number of likely N-dealkylation sites (N-methyl/N-ethyl adjacent to an activating group) is 2. The smallest absolute Gasteiger partial charge is 0.129 e. The maximum atomic E-state index is 14.2. The highest BCUT2D eigenvalue weighted by Crippen LogP contribution is 2.26. The molecule has 1 N–H and O–H groups in total. The molecule has 1 aliphatic heterocycles. The topological polar surface area (TPSA) is 18.5 Å². The fourth-order valence-corrected chi connectivity index (χ4v) is 3.24. The van der Waals surface area contributed by atoms with Crippen LogP contribution in [0.1, 0.15) is 31.2 Å². The second-order valence-corrected chi connectivity index (χ2v) is 6.55. The van der Waals surface area contributed by atoms with Crippen LogP contribution in [0.3, 0.4) is 0 Å². The predicted octanol–water partition coefficient (Wildman–Crippen LogP) is 2.61. The van der Waals surface area contributed by atoms with E-state index >= 15 is 0 Å². The SMILES string of the molecule is CN(CC1CCCN1C)c1cccc(F)c1CNC1CC1. The molecule has 0 radical (unpaired) electrons. The van der Waals surface area contributed by atoms with Crippen molar-refractivity contribution in [3.63, 3.8) is 0 Å². The Kier molecular flexibility index (Phi) is 4.45. The largest absolute Gasteiger partial charge is 0.373 e. The third-order valence-corrected chi connectivity index (χ3v) is 4.81. The van der Waals surface area contributed by atoms with Crippen LogP contribution in [-0.2, 0) is 6.54 Å². The molecule has 2 fully saturated rings. The van der Waals surface area contributed by atoms with Gasteiger partial charge < -0.3 is 15.1 Å². The standard InChI is InChI=1S/C17H26FN3/c1-20-10-4-5-14(20)12-21(2)17-7-3-6-16(18)15(17)11-19-13-8-9-13/h3,6-7,13-14,19H,4-5,8-12H2,1-2H3. The van der Waals surface area contributed by atoms with E-state index in [4.69, 9.17) is 0 Å². The Morgan fingerprint density at radius 1 is 1.33 bits per heavy atom. The van der Waals surface area contributed by atoms with Gasteiger partial charge in [-0.1, -0.05) is 6.07 Å². The molecule has 1 atom stereocenters. The molecule has 1 saturated carbocycles. The summed E-state index contributed by atoms with van der Waals surface area (Å²) in [6.45, 7) is 2.78. The van der Waals surface area contributed by atoms with E-state index in [9.17, 15) is 4.39 Å². The first-order valence-electron chi connectivity index (χ1n) is 8.07. The van der Waals surface area contributed by atoms with Gasteiger partial charge in [0.2, 0.25) is 0 Å². The Balaban J connectivity index is 1.71. The fourth-order valence-electron chi connectivity index (χ4n) is 3.24. The van der Waals surface area contributed by atoms with Gasteiger partial charge in [-0.2, -0.15) is 0 Å². The molecule has 1 aliphatic carbocycles. The van der Waals surface area contributed by atoms with Crippen LogP contribution in [0.2, 0.25) is 0 Å². The molecule has 3 nitrogen and oxygen atoms in total. The van der Waals surface area contributed by atoms with Gasteiger partial charge in [-0.25, -0.2) is 4.39 Å². The van der Waals surface area contributed by atoms with E-state index in [0.29, 0.717) is 18.6 Å². The van der Waals surface area contributed by atoms with Gasteiger partial charge in [0.05, 0.1) is 0 Å². The maximum absolute atomic E-state index is 14.2. The van der Waals surface area contributed by atoms with Crippen LogP contribution in [0, 0.1) is 5.82 Å². The number of benzene rings is 1. The molecule has 1 heterocycles. The average molecular weight is 291 g/mol. The van der Waals surface area contributed by atoms with Gasteiger partial charge in [0.25, 0.3) is 0 Å². The predicted molar refractivity (Wildman–Crippen MR) is 85.2 cm³/mol. The van der Waals surface area contributed by atoms with E-state index in [2.05, 4.69) is 29.2 Å². The summed E-state index contributed by atoms with van der Waals surface area (Å²) in [5.41, 5.74) is 1.84. The molecule has 1 saturated heterocycles. The Bertz CT molecular complexity index is 487. The molecule has 0 aromatic heterocycles. The van der Waals surface area contributed by atoms with E-state index < -0.39 is 0 Å². The van der Waals surface area contributed by atoms with Crippen LogP contribution < -0.4 is 10.2 Å². The Labute approximate surface area is 127 Å². The molecule has 1 aromatic rings. The van der Waals surface area contributed by atoms with Crippen molar-refractivity contribution in [3.8, 4) is 0 Å². The third kappa shape index (κ3) is 3.55. The molecule has 1 unspecified atom stereocenters. The highest BCUT2D eigenvalue weighted by molar-refractivity contribution is 5.54. The lowest BCUT2D eigenvalue weighted by atomic mass is 10.1. The van der Waals surface area contributed by atoms with Gasteiger partial charge in [-0.3, -0.25) is 0 Å². The summed E-state index contributed by atoms with van der Waals surface area (Å²) in [5.74, 6) is -0.0905. The van der Waals surface area contributed by atoms with Crippen LogP contribution in [0.5, 0.6) is 0 Å². The molecule has 2 aliphatic rings. The second kappa shape index (κ2) is 6.32. The summed E-state index contributed by atoms with van der Waals surface area (Å²) in [7, 11) is 4.27. The minimum Gasteiger partial charge on any atom is -0.373 e. The zero-order valence-electron chi connectivity index (χ0n) is 13.1. The lowest BCUT2D eigenvalue weighted by molar-refractivity contribution is 0.314. The fraction of sp³-hybridized carbons (Fsp3) is 0.647. The molecule has 1 aromatic carbocycles. The Hall–Kier alpha value is -1.13. The molecular formula is C17H26FN3. The van der Waals surface area contributed by atoms with Crippen molar-refractivity contribution in [3.05, 3.63) is 29.6 Å². The van der Waals surface area contributed by atoms with E-state index in [0.717, 1.165) is 17.8 Å². The van der Waals surface area contributed by atoms with Crippen LogP contribution in [0.25, 0.3) is 0 Å². The van der Waals surface area contributed by atoms with Gasteiger partial charge in [0, 0.05) is 43.5 Å². The highest BCUT2D eigenvalue weighted by Gasteiger charge is 2.25. The first-order chi connectivity index (χ1) is 10.1. The lowest BCUT2D eigenvalue weighted by Crippen LogP contribution is -2.37. The number of hydrogen-bond donors (Lipinski definition) is 1. The molecule has 4 heteroatoms. The molecule has 3 rings (SSSR count). The average Bonchev–Trinajstić information content (AvgIpc) is 3.21. The molecule has 21 heavy (non-hydrogen) atoms. The van der Waals surface area contributed by atoms with Crippen LogP contribution in [-0.4, -0.2) is 44.2 Å². The Morgan fingerprint density at radius 2 is 2.14 bits per heavy atom. The number of nitrogens with zero attached hydrogens (tertiary/aromatic N) is 2. The first-order valence-corrected chi connectivity index (χ1v) is 8.07. The molecule has 116 valence electrons.